The Bertz CT molecular complexity index is 803. The standard InChI is InChI=1S/C16H12Cl2N4O/c17-12-6-11(16(23)13(18)7-12)9-19-21-15-8-14(20-22-15)10-4-2-1-3-5-10/h1-7,9,14,23H,8H2. The summed E-state index contributed by atoms with van der Waals surface area (Å²) in [5.74, 6) is 0.443. The smallest absolute Gasteiger partial charge is 0.175 e. The lowest BCUT2D eigenvalue weighted by atomic mass is 10.1. The summed E-state index contributed by atoms with van der Waals surface area (Å²) in [5.41, 5.74) is 1.48. The first-order chi connectivity index (χ1) is 11.1. The normalized spacial score (nSPS) is 19.0. The number of hydrogen-bond acceptors (Lipinski definition) is 4. The van der Waals surface area contributed by atoms with Crippen LogP contribution in [-0.2, 0) is 0 Å². The van der Waals surface area contributed by atoms with Crippen LogP contribution in [0.1, 0.15) is 23.6 Å². The molecule has 2 aromatic carbocycles. The molecule has 1 aliphatic heterocycles. The van der Waals surface area contributed by atoms with Crippen molar-refractivity contribution in [3.05, 3.63) is 63.6 Å². The molecule has 1 aliphatic rings. The van der Waals surface area contributed by atoms with Crippen molar-refractivity contribution in [2.24, 2.45) is 20.4 Å². The van der Waals surface area contributed by atoms with E-state index in [2.05, 4.69) is 20.4 Å². The number of benzene rings is 2. The van der Waals surface area contributed by atoms with E-state index in [0.717, 1.165) is 5.56 Å². The molecule has 0 radical (unpaired) electrons. The fourth-order valence-corrected chi connectivity index (χ4v) is 2.66. The molecule has 23 heavy (non-hydrogen) atoms. The van der Waals surface area contributed by atoms with Gasteiger partial charge >= 0.3 is 0 Å². The topological polar surface area (TPSA) is 69.7 Å². The van der Waals surface area contributed by atoms with Gasteiger partial charge < -0.3 is 5.11 Å². The molecule has 5 nitrogen and oxygen atoms in total. The van der Waals surface area contributed by atoms with Crippen LogP contribution in [0.15, 0.2) is 62.9 Å². The molecule has 0 spiro atoms. The predicted molar refractivity (Wildman–Crippen MR) is 91.8 cm³/mol. The third-order valence-corrected chi connectivity index (χ3v) is 3.81. The Labute approximate surface area is 143 Å². The van der Waals surface area contributed by atoms with E-state index >= 15 is 0 Å². The molecule has 116 valence electrons. The van der Waals surface area contributed by atoms with Gasteiger partial charge in [0.1, 0.15) is 11.8 Å². The molecule has 0 aliphatic carbocycles. The fourth-order valence-electron chi connectivity index (χ4n) is 2.15. The summed E-state index contributed by atoms with van der Waals surface area (Å²) in [6.45, 7) is 0. The molecule has 2 aromatic rings. The Kier molecular flexibility index (Phi) is 4.69. The summed E-state index contributed by atoms with van der Waals surface area (Å²) >= 11 is 11.7. The number of rotatable bonds is 3. The SMILES string of the molecule is Oc1c(Cl)cc(Cl)cc1C=NN=C1CC(c2ccccc2)N=N1. The van der Waals surface area contributed by atoms with Crippen LogP contribution >= 0.6 is 23.2 Å². The molecule has 1 atom stereocenters. The zero-order valence-corrected chi connectivity index (χ0v) is 13.4. The van der Waals surface area contributed by atoms with Crippen molar-refractivity contribution in [1.82, 2.24) is 0 Å². The highest BCUT2D eigenvalue weighted by molar-refractivity contribution is 6.36. The van der Waals surface area contributed by atoms with Gasteiger partial charge in [-0.1, -0.05) is 53.5 Å². The molecule has 0 bridgehead atoms. The molecule has 0 saturated heterocycles. The Morgan fingerprint density at radius 1 is 1.17 bits per heavy atom. The lowest BCUT2D eigenvalue weighted by molar-refractivity contribution is 0.474. The first-order valence-corrected chi connectivity index (χ1v) is 7.63. The van der Waals surface area contributed by atoms with E-state index in [1.165, 1.54) is 12.3 Å². The van der Waals surface area contributed by atoms with Crippen molar-refractivity contribution < 1.29 is 5.11 Å². The summed E-state index contributed by atoms with van der Waals surface area (Å²) in [6.07, 6.45) is 1.97. The molecular weight excluding hydrogens is 335 g/mol. The van der Waals surface area contributed by atoms with Gasteiger partial charge in [0.25, 0.3) is 0 Å². The maximum absolute atomic E-state index is 9.83. The molecular formula is C16H12Cl2N4O. The third-order valence-electron chi connectivity index (χ3n) is 3.30. The van der Waals surface area contributed by atoms with E-state index in [1.54, 1.807) is 6.07 Å². The Morgan fingerprint density at radius 3 is 2.74 bits per heavy atom. The van der Waals surface area contributed by atoms with Crippen molar-refractivity contribution >= 4 is 35.3 Å². The summed E-state index contributed by atoms with van der Waals surface area (Å²) in [6, 6.07) is 12.9. The largest absolute Gasteiger partial charge is 0.506 e. The number of aromatic hydroxyl groups is 1. The van der Waals surface area contributed by atoms with Gasteiger partial charge in [-0.3, -0.25) is 0 Å². The van der Waals surface area contributed by atoms with E-state index in [4.69, 9.17) is 23.2 Å². The van der Waals surface area contributed by atoms with Crippen LogP contribution in [0, 0.1) is 0 Å². The number of phenols is 1. The number of hydrogen-bond donors (Lipinski definition) is 1. The second kappa shape index (κ2) is 6.89. The van der Waals surface area contributed by atoms with E-state index in [9.17, 15) is 5.11 Å². The molecule has 1 unspecified atom stereocenters. The van der Waals surface area contributed by atoms with Crippen molar-refractivity contribution in [3.63, 3.8) is 0 Å². The highest BCUT2D eigenvalue weighted by Gasteiger charge is 2.19. The van der Waals surface area contributed by atoms with E-state index in [-0.39, 0.29) is 16.8 Å². The number of amidine groups is 1. The van der Waals surface area contributed by atoms with Crippen molar-refractivity contribution in [1.29, 1.82) is 0 Å². The van der Waals surface area contributed by atoms with Crippen LogP contribution in [0.5, 0.6) is 5.75 Å². The summed E-state index contributed by atoms with van der Waals surface area (Å²) < 4.78 is 0. The molecule has 1 heterocycles. The summed E-state index contributed by atoms with van der Waals surface area (Å²) in [7, 11) is 0. The molecule has 3 rings (SSSR count). The molecule has 7 heteroatoms. The van der Waals surface area contributed by atoms with Gasteiger partial charge in [-0.25, -0.2) is 0 Å². The fraction of sp³-hybridized carbons (Fsp3) is 0.125. The monoisotopic (exact) mass is 346 g/mol. The van der Waals surface area contributed by atoms with E-state index in [0.29, 0.717) is 22.8 Å². The maximum Gasteiger partial charge on any atom is 0.175 e. The number of nitrogens with zero attached hydrogens (tertiary/aromatic N) is 4. The Hall–Kier alpha value is -2.24. The van der Waals surface area contributed by atoms with E-state index < -0.39 is 0 Å². The van der Waals surface area contributed by atoms with Crippen molar-refractivity contribution in [2.75, 3.05) is 0 Å². The van der Waals surface area contributed by atoms with Gasteiger partial charge in [-0.2, -0.15) is 10.2 Å². The second-order valence-electron chi connectivity index (χ2n) is 4.93. The van der Waals surface area contributed by atoms with Gasteiger partial charge in [0, 0.05) is 17.0 Å². The van der Waals surface area contributed by atoms with Crippen LogP contribution in [0.2, 0.25) is 10.0 Å². The average molecular weight is 347 g/mol. The van der Waals surface area contributed by atoms with Crippen LogP contribution in [-0.4, -0.2) is 17.2 Å². The second-order valence-corrected chi connectivity index (χ2v) is 5.78. The minimum absolute atomic E-state index is 0.0285. The molecule has 0 fully saturated rings. The summed E-state index contributed by atoms with van der Waals surface area (Å²) in [4.78, 5) is 0. The van der Waals surface area contributed by atoms with Gasteiger partial charge in [0.15, 0.2) is 5.84 Å². The quantitative estimate of drug-likeness (QED) is 0.614. The first kappa shape index (κ1) is 15.6. The molecule has 0 aromatic heterocycles. The van der Waals surface area contributed by atoms with Crippen molar-refractivity contribution in [3.8, 4) is 5.75 Å². The average Bonchev–Trinajstić information content (AvgIpc) is 3.02. The number of phenolic OH excluding ortho intramolecular Hbond substituents is 1. The van der Waals surface area contributed by atoms with E-state index in [1.807, 2.05) is 30.3 Å². The minimum atomic E-state index is -0.0878. The lowest BCUT2D eigenvalue weighted by Crippen LogP contribution is -1.95. The number of halogens is 2. The molecule has 0 saturated carbocycles. The molecule has 1 N–H and O–H groups in total. The minimum Gasteiger partial charge on any atom is -0.506 e. The van der Waals surface area contributed by atoms with Crippen LogP contribution in [0.4, 0.5) is 0 Å². The summed E-state index contributed by atoms with van der Waals surface area (Å²) in [5, 5.41) is 26.6. The maximum atomic E-state index is 9.83. The molecule has 0 amide bonds. The van der Waals surface area contributed by atoms with Gasteiger partial charge in [0.2, 0.25) is 0 Å². The van der Waals surface area contributed by atoms with Gasteiger partial charge in [-0.05, 0) is 17.7 Å². The van der Waals surface area contributed by atoms with Crippen molar-refractivity contribution in [2.45, 2.75) is 12.5 Å². The highest BCUT2D eigenvalue weighted by atomic mass is 35.5. The zero-order chi connectivity index (χ0) is 16.2. The Morgan fingerprint density at radius 2 is 1.96 bits per heavy atom. The highest BCUT2D eigenvalue weighted by Crippen LogP contribution is 2.30. The van der Waals surface area contributed by atoms with Crippen LogP contribution in [0.25, 0.3) is 0 Å². The van der Waals surface area contributed by atoms with Gasteiger partial charge in [0.05, 0.1) is 11.2 Å². The Balaban J connectivity index is 1.71. The number of azo groups is 1. The third kappa shape index (κ3) is 3.75. The lowest BCUT2D eigenvalue weighted by Gasteiger charge is -2.03. The first-order valence-electron chi connectivity index (χ1n) is 6.87. The zero-order valence-electron chi connectivity index (χ0n) is 11.9. The van der Waals surface area contributed by atoms with Crippen LogP contribution in [0.3, 0.4) is 0 Å². The predicted octanol–water partition coefficient (Wildman–Crippen LogP) is 5.03. The van der Waals surface area contributed by atoms with Crippen LogP contribution < -0.4 is 0 Å². The van der Waals surface area contributed by atoms with Gasteiger partial charge in [-0.15, -0.1) is 10.2 Å².